The van der Waals surface area contributed by atoms with Crippen LogP contribution in [0.4, 0.5) is 10.6 Å². The van der Waals surface area contributed by atoms with Crippen LogP contribution in [0.5, 0.6) is 11.6 Å². The predicted molar refractivity (Wildman–Crippen MR) is 146 cm³/mol. The number of rotatable bonds is 6. The van der Waals surface area contributed by atoms with Gasteiger partial charge in [0.15, 0.2) is 5.82 Å². The summed E-state index contributed by atoms with van der Waals surface area (Å²) in [7, 11) is 0. The van der Waals surface area contributed by atoms with Crippen molar-refractivity contribution in [3.05, 3.63) is 66.0 Å². The van der Waals surface area contributed by atoms with Crippen molar-refractivity contribution in [2.45, 2.75) is 36.7 Å². The number of thioether (sulfide) groups is 1. The second-order valence-corrected chi connectivity index (χ2v) is 11.0. The fourth-order valence-electron chi connectivity index (χ4n) is 5.66. The normalized spacial score (nSPS) is 26.0. The smallest absolute Gasteiger partial charge is 0.327 e. The van der Waals surface area contributed by atoms with Gasteiger partial charge in [0.2, 0.25) is 11.8 Å². The minimum atomic E-state index is -0.342. The zero-order valence-corrected chi connectivity index (χ0v) is 22.0. The molecule has 202 valence electrons. The quantitative estimate of drug-likeness (QED) is 0.470. The Bertz CT molecular complexity index is 1320. The molecule has 0 saturated carbocycles. The fourth-order valence-corrected chi connectivity index (χ4v) is 7.06. The molecule has 3 fully saturated rings. The zero-order valence-electron chi connectivity index (χ0n) is 21.2. The number of amides is 4. The van der Waals surface area contributed by atoms with Crippen LogP contribution in [0.15, 0.2) is 66.0 Å². The second kappa shape index (κ2) is 10.7. The van der Waals surface area contributed by atoms with E-state index in [0.29, 0.717) is 54.1 Å². The number of hydrogen-bond donors (Lipinski definition) is 3. The molecule has 2 aromatic rings. The van der Waals surface area contributed by atoms with Crippen molar-refractivity contribution in [2.24, 2.45) is 5.92 Å². The number of nitrogens with zero attached hydrogens (tertiary/aromatic N) is 4. The molecule has 3 unspecified atom stereocenters. The fraction of sp³-hybridized carbons (Fsp3) is 0.370. The van der Waals surface area contributed by atoms with Crippen molar-refractivity contribution in [1.82, 2.24) is 30.8 Å². The Hall–Kier alpha value is -3.90. The molecule has 12 heteroatoms. The van der Waals surface area contributed by atoms with Crippen LogP contribution in [0.1, 0.15) is 19.3 Å². The number of piperidine rings is 2. The van der Waals surface area contributed by atoms with Crippen molar-refractivity contribution in [1.29, 1.82) is 0 Å². The van der Waals surface area contributed by atoms with Crippen LogP contribution in [-0.2, 0) is 9.59 Å². The van der Waals surface area contributed by atoms with Crippen LogP contribution in [0.2, 0.25) is 0 Å². The monoisotopic (exact) mass is 547 g/mol. The maximum atomic E-state index is 13.4. The third-order valence-electron chi connectivity index (χ3n) is 7.42. The summed E-state index contributed by atoms with van der Waals surface area (Å²) in [5, 5.41) is 9.51. The molecule has 3 saturated heterocycles. The van der Waals surface area contributed by atoms with Crippen LogP contribution >= 0.6 is 11.8 Å². The van der Waals surface area contributed by atoms with Crippen molar-refractivity contribution >= 4 is 35.4 Å². The summed E-state index contributed by atoms with van der Waals surface area (Å²) in [4.78, 5) is 51.6. The molecule has 3 N–H and O–H groups in total. The van der Waals surface area contributed by atoms with Gasteiger partial charge in [-0.1, -0.05) is 36.5 Å². The van der Waals surface area contributed by atoms with Gasteiger partial charge in [0, 0.05) is 30.7 Å². The predicted octanol–water partition coefficient (Wildman–Crippen LogP) is 2.35. The van der Waals surface area contributed by atoms with Gasteiger partial charge >= 0.3 is 6.03 Å². The first-order valence-electron chi connectivity index (χ1n) is 13.0. The van der Waals surface area contributed by atoms with Crippen molar-refractivity contribution in [2.75, 3.05) is 24.5 Å². The Kier molecular flexibility index (Phi) is 6.96. The number of urea groups is 1. The van der Waals surface area contributed by atoms with E-state index < -0.39 is 0 Å². The van der Waals surface area contributed by atoms with E-state index in [1.165, 1.54) is 24.0 Å². The number of anilines is 1. The van der Waals surface area contributed by atoms with E-state index in [0.717, 1.165) is 12.8 Å². The van der Waals surface area contributed by atoms with E-state index in [4.69, 9.17) is 4.74 Å². The molecule has 1 aromatic heterocycles. The van der Waals surface area contributed by atoms with Gasteiger partial charge in [0.25, 0.3) is 5.91 Å². The topological polar surface area (TPSA) is 129 Å². The SMILES string of the molecule is C=CC(=O)N1CCC[C@@H](NC(=O)C2=C3NC(=O)N(c4cnc(Oc5ccccc5)cn4)C4CCNC(S2)C34)C1. The molecular formula is C27H29N7O4S. The Morgan fingerprint density at radius 1 is 1.18 bits per heavy atom. The van der Waals surface area contributed by atoms with E-state index in [-0.39, 0.29) is 41.2 Å². The first-order valence-corrected chi connectivity index (χ1v) is 13.9. The van der Waals surface area contributed by atoms with Crippen molar-refractivity contribution < 1.29 is 19.1 Å². The largest absolute Gasteiger partial charge is 0.438 e. The molecule has 4 amide bonds. The summed E-state index contributed by atoms with van der Waals surface area (Å²) in [5.74, 6) is 0.945. The lowest BCUT2D eigenvalue weighted by Gasteiger charge is -2.45. The van der Waals surface area contributed by atoms with Crippen LogP contribution in [0.25, 0.3) is 0 Å². The highest BCUT2D eigenvalue weighted by Crippen LogP contribution is 2.47. The summed E-state index contributed by atoms with van der Waals surface area (Å²) in [6.45, 7) is 5.37. The lowest BCUT2D eigenvalue weighted by atomic mass is 9.87. The average Bonchev–Trinajstić information content (AvgIpc) is 3.33. The van der Waals surface area contributed by atoms with Gasteiger partial charge in [-0.25, -0.2) is 14.8 Å². The second-order valence-electron chi connectivity index (χ2n) is 9.85. The van der Waals surface area contributed by atoms with E-state index in [9.17, 15) is 14.4 Å². The first kappa shape index (κ1) is 25.4. The van der Waals surface area contributed by atoms with Crippen molar-refractivity contribution in [3.63, 3.8) is 0 Å². The van der Waals surface area contributed by atoms with E-state index >= 15 is 0 Å². The van der Waals surface area contributed by atoms with Crippen LogP contribution in [0, 0.1) is 5.92 Å². The van der Waals surface area contributed by atoms with Gasteiger partial charge < -0.3 is 25.6 Å². The minimum Gasteiger partial charge on any atom is -0.438 e. The standard InChI is InChI=1S/C27H29N7O4S/c1-2-21(35)33-12-6-7-16(15-33)31-25(36)24-23-22-18(10-11-28-26(22)39-24)34(27(37)32-23)19-13-30-20(14-29-19)38-17-8-4-3-5-9-17/h2-5,8-9,13-14,16,18,22,26,28H,1,6-7,10-12,15H2,(H,31,36)(H,32,37)/t16-,18?,22?,26?/m1/s1. The third-order valence-corrected chi connectivity index (χ3v) is 8.77. The number of likely N-dealkylation sites (tertiary alicyclic amines) is 1. The van der Waals surface area contributed by atoms with Crippen molar-refractivity contribution in [3.8, 4) is 11.6 Å². The number of hydrogen-bond acceptors (Lipinski definition) is 8. The highest BCUT2D eigenvalue weighted by Gasteiger charge is 2.52. The van der Waals surface area contributed by atoms with Crippen LogP contribution < -0.4 is 25.6 Å². The lowest BCUT2D eigenvalue weighted by molar-refractivity contribution is -0.128. The number of carbonyl (C=O) groups is 3. The highest BCUT2D eigenvalue weighted by atomic mass is 32.2. The molecule has 5 heterocycles. The highest BCUT2D eigenvalue weighted by molar-refractivity contribution is 8.04. The van der Waals surface area contributed by atoms with Gasteiger partial charge in [0.1, 0.15) is 5.75 Å². The molecule has 0 bridgehead atoms. The molecule has 11 nitrogen and oxygen atoms in total. The van der Waals surface area contributed by atoms with E-state index in [1.807, 2.05) is 30.3 Å². The molecule has 0 radical (unpaired) electrons. The number of para-hydroxylation sites is 1. The molecule has 1 aromatic carbocycles. The van der Waals surface area contributed by atoms with Gasteiger partial charge in [-0.3, -0.25) is 14.5 Å². The number of carbonyl (C=O) groups excluding carboxylic acids is 3. The molecular weight excluding hydrogens is 518 g/mol. The Balaban J connectivity index is 1.19. The summed E-state index contributed by atoms with van der Waals surface area (Å²) in [6.07, 6.45) is 6.65. The minimum absolute atomic E-state index is 0.0542. The first-order chi connectivity index (χ1) is 19.0. The lowest BCUT2D eigenvalue weighted by Crippen LogP contribution is -2.62. The third kappa shape index (κ3) is 4.97. The van der Waals surface area contributed by atoms with Crippen LogP contribution in [0.3, 0.4) is 0 Å². The Labute approximate surface area is 230 Å². The van der Waals surface area contributed by atoms with E-state index in [2.05, 4.69) is 32.5 Å². The maximum absolute atomic E-state index is 13.4. The Morgan fingerprint density at radius 2 is 2.03 bits per heavy atom. The summed E-state index contributed by atoms with van der Waals surface area (Å²) < 4.78 is 5.74. The zero-order chi connectivity index (χ0) is 26.9. The number of ether oxygens (including phenoxy) is 1. The van der Waals surface area contributed by atoms with Gasteiger partial charge in [-0.05, 0) is 44.0 Å². The summed E-state index contributed by atoms with van der Waals surface area (Å²) in [5.41, 5.74) is 0.646. The van der Waals surface area contributed by atoms with Gasteiger partial charge in [-0.15, -0.1) is 0 Å². The molecule has 4 aliphatic rings. The number of aromatic nitrogens is 2. The van der Waals surface area contributed by atoms with Crippen LogP contribution in [-0.4, -0.2) is 69.8 Å². The Morgan fingerprint density at radius 3 is 2.79 bits per heavy atom. The molecule has 39 heavy (non-hydrogen) atoms. The molecule has 0 spiro atoms. The number of nitrogens with one attached hydrogen (secondary N) is 3. The van der Waals surface area contributed by atoms with Gasteiger partial charge in [-0.2, -0.15) is 0 Å². The summed E-state index contributed by atoms with van der Waals surface area (Å²) in [6, 6.07) is 8.62. The van der Waals surface area contributed by atoms with E-state index in [1.54, 1.807) is 16.0 Å². The molecule has 4 atom stereocenters. The summed E-state index contributed by atoms with van der Waals surface area (Å²) >= 11 is 1.44. The maximum Gasteiger partial charge on any atom is 0.327 e. The molecule has 4 aliphatic heterocycles. The molecule has 6 rings (SSSR count). The molecule has 0 aliphatic carbocycles. The average molecular weight is 548 g/mol. The number of benzene rings is 1. The van der Waals surface area contributed by atoms with Gasteiger partial charge in [0.05, 0.1) is 28.7 Å².